The number of para-hydroxylation sites is 2. The Labute approximate surface area is 139 Å². The van der Waals surface area contributed by atoms with E-state index < -0.39 is 0 Å². The molecule has 122 valence electrons. The molecule has 3 heterocycles. The molecule has 2 aromatic rings. The number of fused-ring (bicyclic) bond motifs is 2. The zero-order valence-corrected chi connectivity index (χ0v) is 13.1. The van der Waals surface area contributed by atoms with Crippen LogP contribution >= 0.6 is 0 Å². The molecular formula is C18H17N3O3. The van der Waals surface area contributed by atoms with E-state index in [4.69, 9.17) is 4.74 Å². The molecule has 6 nitrogen and oxygen atoms in total. The van der Waals surface area contributed by atoms with Gasteiger partial charge in [0.15, 0.2) is 5.75 Å². The van der Waals surface area contributed by atoms with Crippen LogP contribution in [0.2, 0.25) is 0 Å². The lowest BCUT2D eigenvalue weighted by molar-refractivity contribution is -0.128. The number of hydrogen-bond donors (Lipinski definition) is 0. The van der Waals surface area contributed by atoms with Crippen LogP contribution in [0.15, 0.2) is 42.6 Å². The highest BCUT2D eigenvalue weighted by Crippen LogP contribution is 2.37. The van der Waals surface area contributed by atoms with Crippen molar-refractivity contribution in [2.24, 2.45) is 0 Å². The Kier molecular flexibility index (Phi) is 3.65. The molecule has 1 aromatic heterocycles. The van der Waals surface area contributed by atoms with E-state index in [2.05, 4.69) is 4.98 Å². The lowest BCUT2D eigenvalue weighted by atomic mass is 10.2. The van der Waals surface area contributed by atoms with Crippen LogP contribution in [0.5, 0.6) is 11.6 Å². The number of benzene rings is 1. The predicted octanol–water partition coefficient (Wildman–Crippen LogP) is 2.46. The van der Waals surface area contributed by atoms with Crippen LogP contribution in [0.4, 0.5) is 5.69 Å². The number of carbonyl (C=O) groups is 2. The number of aromatic nitrogens is 1. The van der Waals surface area contributed by atoms with Crippen molar-refractivity contribution < 1.29 is 14.3 Å². The number of nitrogens with zero attached hydrogens (tertiary/aromatic N) is 3. The molecule has 0 aliphatic carbocycles. The number of rotatable bonds is 2. The lowest BCUT2D eigenvalue weighted by Crippen LogP contribution is -2.41. The molecule has 4 rings (SSSR count). The van der Waals surface area contributed by atoms with Crippen molar-refractivity contribution in [1.82, 2.24) is 9.88 Å². The Morgan fingerprint density at radius 3 is 2.75 bits per heavy atom. The van der Waals surface area contributed by atoms with Crippen LogP contribution in [0.25, 0.3) is 0 Å². The van der Waals surface area contributed by atoms with Crippen LogP contribution in [-0.4, -0.2) is 41.3 Å². The third kappa shape index (κ3) is 2.50. The van der Waals surface area contributed by atoms with Crippen molar-refractivity contribution in [3.05, 3.63) is 48.2 Å². The minimum atomic E-state index is -0.268. The first-order valence-corrected chi connectivity index (χ1v) is 8.05. The van der Waals surface area contributed by atoms with E-state index >= 15 is 0 Å². The van der Waals surface area contributed by atoms with Crippen molar-refractivity contribution >= 4 is 17.5 Å². The van der Waals surface area contributed by atoms with Gasteiger partial charge in [-0.25, -0.2) is 4.98 Å². The highest BCUT2D eigenvalue weighted by atomic mass is 16.5. The third-order valence-electron chi connectivity index (χ3n) is 4.36. The first-order chi connectivity index (χ1) is 11.7. The summed E-state index contributed by atoms with van der Waals surface area (Å²) in [5, 5.41) is 0. The van der Waals surface area contributed by atoms with Gasteiger partial charge in [-0.05, 0) is 37.1 Å². The Morgan fingerprint density at radius 2 is 1.92 bits per heavy atom. The second-order valence-electron chi connectivity index (χ2n) is 5.91. The van der Waals surface area contributed by atoms with Gasteiger partial charge in [0, 0.05) is 19.3 Å². The molecule has 1 saturated heterocycles. The summed E-state index contributed by atoms with van der Waals surface area (Å²) in [4.78, 5) is 33.0. The molecule has 1 fully saturated rings. The average Bonchev–Trinajstić information content (AvgIpc) is 3.11. The molecule has 0 atom stereocenters. The van der Waals surface area contributed by atoms with Crippen LogP contribution in [0.1, 0.15) is 23.2 Å². The molecular weight excluding hydrogens is 306 g/mol. The van der Waals surface area contributed by atoms with Gasteiger partial charge in [0.25, 0.3) is 5.91 Å². The van der Waals surface area contributed by atoms with E-state index in [9.17, 15) is 9.59 Å². The summed E-state index contributed by atoms with van der Waals surface area (Å²) in [6, 6.07) is 10.6. The summed E-state index contributed by atoms with van der Waals surface area (Å²) in [6.45, 7) is 1.53. The topological polar surface area (TPSA) is 62.7 Å². The van der Waals surface area contributed by atoms with E-state index in [0.717, 1.165) is 25.9 Å². The Balaban J connectivity index is 1.73. The second-order valence-corrected chi connectivity index (χ2v) is 5.91. The van der Waals surface area contributed by atoms with Gasteiger partial charge < -0.3 is 9.64 Å². The van der Waals surface area contributed by atoms with Gasteiger partial charge in [-0.3, -0.25) is 14.5 Å². The number of hydrogen-bond acceptors (Lipinski definition) is 4. The molecule has 2 aliphatic rings. The number of pyridine rings is 1. The third-order valence-corrected chi connectivity index (χ3v) is 4.36. The standard InChI is InChI=1S/C18H17N3O3/c22-16(20-10-3-4-11-20)12-21-14-7-1-2-8-15(14)24-17-13(18(21)23)6-5-9-19-17/h1-2,5-9H,3-4,10-12H2. The van der Waals surface area contributed by atoms with Gasteiger partial charge in [0.2, 0.25) is 11.8 Å². The fourth-order valence-electron chi connectivity index (χ4n) is 3.12. The van der Waals surface area contributed by atoms with Gasteiger partial charge in [-0.2, -0.15) is 0 Å². The quantitative estimate of drug-likeness (QED) is 0.852. The number of amides is 2. The van der Waals surface area contributed by atoms with Crippen LogP contribution in [0.3, 0.4) is 0 Å². The molecule has 0 bridgehead atoms. The molecule has 2 amide bonds. The van der Waals surface area contributed by atoms with E-state index in [1.807, 2.05) is 17.0 Å². The maximum Gasteiger partial charge on any atom is 0.264 e. The Bertz CT molecular complexity index is 800. The summed E-state index contributed by atoms with van der Waals surface area (Å²) in [5.41, 5.74) is 0.955. The first-order valence-electron chi connectivity index (χ1n) is 8.05. The van der Waals surface area contributed by atoms with E-state index in [1.165, 1.54) is 4.90 Å². The molecule has 0 saturated carbocycles. The molecule has 0 N–H and O–H groups in total. The van der Waals surface area contributed by atoms with Gasteiger partial charge in [-0.1, -0.05) is 12.1 Å². The molecule has 6 heteroatoms. The summed E-state index contributed by atoms with van der Waals surface area (Å²) in [7, 11) is 0. The minimum absolute atomic E-state index is 0.00748. The average molecular weight is 323 g/mol. The predicted molar refractivity (Wildman–Crippen MR) is 88.2 cm³/mol. The lowest BCUT2D eigenvalue weighted by Gasteiger charge is -2.24. The van der Waals surface area contributed by atoms with Crippen molar-refractivity contribution in [1.29, 1.82) is 0 Å². The summed E-state index contributed by atoms with van der Waals surface area (Å²) < 4.78 is 5.81. The highest BCUT2D eigenvalue weighted by molar-refractivity contribution is 6.11. The van der Waals surface area contributed by atoms with Crippen molar-refractivity contribution in [2.75, 3.05) is 24.5 Å². The molecule has 1 aromatic carbocycles. The van der Waals surface area contributed by atoms with E-state index in [0.29, 0.717) is 17.0 Å². The van der Waals surface area contributed by atoms with E-state index in [-0.39, 0.29) is 24.2 Å². The van der Waals surface area contributed by atoms with E-state index in [1.54, 1.807) is 30.5 Å². The molecule has 2 aliphatic heterocycles. The highest BCUT2D eigenvalue weighted by Gasteiger charge is 2.31. The number of likely N-dealkylation sites (tertiary alicyclic amines) is 1. The molecule has 0 unspecified atom stereocenters. The molecule has 0 radical (unpaired) electrons. The maximum absolute atomic E-state index is 13.0. The fourth-order valence-corrected chi connectivity index (χ4v) is 3.12. The summed E-state index contributed by atoms with van der Waals surface area (Å²) >= 11 is 0. The fraction of sp³-hybridized carbons (Fsp3) is 0.278. The maximum atomic E-state index is 13.0. The summed E-state index contributed by atoms with van der Waals surface area (Å²) in [6.07, 6.45) is 3.62. The number of carbonyl (C=O) groups excluding carboxylic acids is 2. The molecule has 0 spiro atoms. The smallest absolute Gasteiger partial charge is 0.264 e. The number of ether oxygens (including phenoxy) is 1. The van der Waals surface area contributed by atoms with Gasteiger partial charge in [0.1, 0.15) is 12.1 Å². The van der Waals surface area contributed by atoms with Crippen LogP contribution in [0, 0.1) is 0 Å². The van der Waals surface area contributed by atoms with Crippen molar-refractivity contribution in [3.8, 4) is 11.6 Å². The van der Waals surface area contributed by atoms with Gasteiger partial charge in [-0.15, -0.1) is 0 Å². The van der Waals surface area contributed by atoms with Crippen molar-refractivity contribution in [2.45, 2.75) is 12.8 Å². The Hall–Kier alpha value is -2.89. The Morgan fingerprint density at radius 1 is 1.12 bits per heavy atom. The second kappa shape index (κ2) is 5.96. The molecule has 24 heavy (non-hydrogen) atoms. The largest absolute Gasteiger partial charge is 0.436 e. The minimum Gasteiger partial charge on any atom is -0.436 e. The summed E-state index contributed by atoms with van der Waals surface area (Å²) in [5.74, 6) is 0.488. The zero-order chi connectivity index (χ0) is 16.5. The van der Waals surface area contributed by atoms with Crippen LogP contribution < -0.4 is 9.64 Å². The number of anilines is 1. The SMILES string of the molecule is O=C(CN1C(=O)c2cccnc2Oc2ccccc21)N1CCCC1. The van der Waals surface area contributed by atoms with Gasteiger partial charge in [0.05, 0.1) is 5.69 Å². The van der Waals surface area contributed by atoms with Gasteiger partial charge >= 0.3 is 0 Å². The van der Waals surface area contributed by atoms with Crippen molar-refractivity contribution in [3.63, 3.8) is 0 Å². The first kappa shape index (κ1) is 14.7. The zero-order valence-electron chi connectivity index (χ0n) is 13.1. The van der Waals surface area contributed by atoms with Crippen LogP contribution in [-0.2, 0) is 4.79 Å². The normalized spacial score (nSPS) is 16.2. The monoisotopic (exact) mass is 323 g/mol.